The van der Waals surface area contributed by atoms with Crippen molar-refractivity contribution in [2.45, 2.75) is 296 Å². The summed E-state index contributed by atoms with van der Waals surface area (Å²) < 4.78 is 5.45. The molecule has 0 aromatic rings. The third-order valence-electron chi connectivity index (χ3n) is 12.1. The van der Waals surface area contributed by atoms with Gasteiger partial charge in [-0.15, -0.1) is 0 Å². The smallest absolute Gasteiger partial charge is 0.305 e. The molecular formula is C52H101NO5. The van der Waals surface area contributed by atoms with Crippen molar-refractivity contribution in [2.75, 3.05) is 13.2 Å². The summed E-state index contributed by atoms with van der Waals surface area (Å²) in [5.74, 6) is -0.0741. The first-order chi connectivity index (χ1) is 28.5. The summed E-state index contributed by atoms with van der Waals surface area (Å²) in [6.45, 7) is 4.91. The minimum absolute atomic E-state index is 0.0212. The lowest BCUT2D eigenvalue weighted by Crippen LogP contribution is -2.45. The fourth-order valence-corrected chi connectivity index (χ4v) is 8.05. The highest BCUT2D eigenvalue weighted by Gasteiger charge is 2.20. The zero-order valence-corrected chi connectivity index (χ0v) is 39.0. The second kappa shape index (κ2) is 48.3. The second-order valence-electron chi connectivity index (χ2n) is 17.9. The molecule has 0 saturated heterocycles. The van der Waals surface area contributed by atoms with Crippen LogP contribution in [0.3, 0.4) is 0 Å². The van der Waals surface area contributed by atoms with Crippen LogP contribution in [-0.4, -0.2) is 47.4 Å². The molecule has 6 heteroatoms. The molecule has 0 rings (SSSR count). The van der Waals surface area contributed by atoms with E-state index in [4.69, 9.17) is 4.74 Å². The van der Waals surface area contributed by atoms with Crippen LogP contribution in [0.1, 0.15) is 284 Å². The van der Waals surface area contributed by atoms with Crippen molar-refractivity contribution >= 4 is 11.9 Å². The topological polar surface area (TPSA) is 95.9 Å². The monoisotopic (exact) mass is 820 g/mol. The minimum atomic E-state index is -0.676. The lowest BCUT2D eigenvalue weighted by atomic mass is 10.0. The molecule has 0 fully saturated rings. The van der Waals surface area contributed by atoms with Gasteiger partial charge >= 0.3 is 5.97 Å². The minimum Gasteiger partial charge on any atom is -0.466 e. The van der Waals surface area contributed by atoms with Gasteiger partial charge in [-0.3, -0.25) is 9.59 Å². The molecule has 0 aromatic heterocycles. The van der Waals surface area contributed by atoms with Gasteiger partial charge in [-0.05, 0) is 51.4 Å². The summed E-state index contributed by atoms with van der Waals surface area (Å²) in [4.78, 5) is 24.5. The van der Waals surface area contributed by atoms with Crippen LogP contribution in [0.5, 0.6) is 0 Å². The van der Waals surface area contributed by atoms with E-state index in [0.29, 0.717) is 25.9 Å². The summed E-state index contributed by atoms with van der Waals surface area (Å²) in [7, 11) is 0. The van der Waals surface area contributed by atoms with E-state index in [9.17, 15) is 19.8 Å². The van der Waals surface area contributed by atoms with Gasteiger partial charge in [-0.1, -0.05) is 231 Å². The highest BCUT2D eigenvalue weighted by Crippen LogP contribution is 2.16. The molecule has 58 heavy (non-hydrogen) atoms. The molecule has 344 valence electrons. The van der Waals surface area contributed by atoms with E-state index in [1.165, 1.54) is 193 Å². The average Bonchev–Trinajstić information content (AvgIpc) is 3.22. The van der Waals surface area contributed by atoms with Crippen LogP contribution in [0, 0.1) is 0 Å². The number of amides is 1. The van der Waals surface area contributed by atoms with Crippen LogP contribution in [-0.2, 0) is 14.3 Å². The van der Waals surface area contributed by atoms with Gasteiger partial charge in [0.1, 0.15) is 0 Å². The first-order valence-corrected chi connectivity index (χ1v) is 25.9. The Morgan fingerprint density at radius 1 is 0.466 bits per heavy atom. The van der Waals surface area contributed by atoms with E-state index < -0.39 is 12.1 Å². The number of hydrogen-bond donors (Lipinski definition) is 3. The van der Waals surface area contributed by atoms with Gasteiger partial charge in [0.15, 0.2) is 0 Å². The fourth-order valence-electron chi connectivity index (χ4n) is 8.05. The first-order valence-electron chi connectivity index (χ1n) is 25.9. The van der Waals surface area contributed by atoms with Crippen LogP contribution in [0.4, 0.5) is 0 Å². The van der Waals surface area contributed by atoms with Crippen LogP contribution in [0.25, 0.3) is 0 Å². The van der Waals surface area contributed by atoms with Crippen LogP contribution in [0.2, 0.25) is 0 Å². The number of unbranched alkanes of at least 4 members (excludes halogenated alkanes) is 35. The SMILES string of the molecule is CCCCCCCC/C=C\CCCCCCCC(=O)OCCCCCCCCCCCCCC(=O)NC(CO)C(O)CCCCCCCCCCCCCCCCC. The molecule has 0 bridgehead atoms. The molecule has 0 aromatic carbocycles. The van der Waals surface area contributed by atoms with Crippen molar-refractivity contribution in [3.63, 3.8) is 0 Å². The van der Waals surface area contributed by atoms with E-state index >= 15 is 0 Å². The molecule has 0 heterocycles. The largest absolute Gasteiger partial charge is 0.466 e. The number of ether oxygens (including phenoxy) is 1. The third-order valence-corrected chi connectivity index (χ3v) is 12.1. The molecule has 6 nitrogen and oxygen atoms in total. The number of nitrogens with one attached hydrogen (secondary N) is 1. The zero-order chi connectivity index (χ0) is 42.3. The third kappa shape index (κ3) is 44.2. The van der Waals surface area contributed by atoms with Gasteiger partial charge in [0.2, 0.25) is 5.91 Å². The summed E-state index contributed by atoms with van der Waals surface area (Å²) in [6, 6.07) is -0.554. The highest BCUT2D eigenvalue weighted by atomic mass is 16.5. The average molecular weight is 820 g/mol. The number of hydrogen-bond acceptors (Lipinski definition) is 5. The predicted octanol–water partition coefficient (Wildman–Crippen LogP) is 15.3. The van der Waals surface area contributed by atoms with Crippen molar-refractivity contribution in [1.82, 2.24) is 5.32 Å². The Morgan fingerprint density at radius 3 is 1.22 bits per heavy atom. The van der Waals surface area contributed by atoms with Gasteiger partial charge in [-0.25, -0.2) is 0 Å². The molecule has 0 radical (unpaired) electrons. The normalized spacial score (nSPS) is 12.7. The maximum atomic E-state index is 12.4. The second-order valence-corrected chi connectivity index (χ2v) is 17.9. The van der Waals surface area contributed by atoms with Gasteiger partial charge in [0.25, 0.3) is 0 Å². The van der Waals surface area contributed by atoms with Gasteiger partial charge in [-0.2, -0.15) is 0 Å². The van der Waals surface area contributed by atoms with E-state index in [-0.39, 0.29) is 18.5 Å². The molecule has 0 aliphatic carbocycles. The van der Waals surface area contributed by atoms with E-state index in [1.54, 1.807) is 0 Å². The van der Waals surface area contributed by atoms with Crippen molar-refractivity contribution in [1.29, 1.82) is 0 Å². The fraction of sp³-hybridized carbons (Fsp3) is 0.923. The van der Waals surface area contributed by atoms with E-state index in [0.717, 1.165) is 57.8 Å². The van der Waals surface area contributed by atoms with Gasteiger partial charge in [0.05, 0.1) is 25.4 Å². The lowest BCUT2D eigenvalue weighted by Gasteiger charge is -2.22. The number of allylic oxidation sites excluding steroid dienone is 2. The number of carbonyl (C=O) groups excluding carboxylic acids is 2. The quantitative estimate of drug-likeness (QED) is 0.0323. The number of rotatable bonds is 48. The Balaban J connectivity index is 3.47. The maximum absolute atomic E-state index is 12.4. The van der Waals surface area contributed by atoms with Crippen molar-refractivity contribution in [3.8, 4) is 0 Å². The molecule has 0 aliphatic rings. The maximum Gasteiger partial charge on any atom is 0.305 e. The Bertz CT molecular complexity index is 863. The summed E-state index contributed by atoms with van der Waals surface area (Å²) in [5.41, 5.74) is 0. The Hall–Kier alpha value is -1.40. The number of aliphatic hydroxyl groups is 2. The summed E-state index contributed by atoms with van der Waals surface area (Å²) in [5, 5.41) is 23.2. The van der Waals surface area contributed by atoms with Crippen molar-refractivity contribution in [2.24, 2.45) is 0 Å². The van der Waals surface area contributed by atoms with Crippen LogP contribution in [0.15, 0.2) is 12.2 Å². The lowest BCUT2D eigenvalue weighted by molar-refractivity contribution is -0.143. The summed E-state index contributed by atoms with van der Waals surface area (Å²) in [6.07, 6.45) is 54.6. The number of aliphatic hydroxyl groups excluding tert-OH is 2. The zero-order valence-electron chi connectivity index (χ0n) is 39.0. The first kappa shape index (κ1) is 56.6. The predicted molar refractivity (Wildman–Crippen MR) is 250 cm³/mol. The number of esters is 1. The Morgan fingerprint density at radius 2 is 0.810 bits per heavy atom. The highest BCUT2D eigenvalue weighted by molar-refractivity contribution is 5.76. The van der Waals surface area contributed by atoms with Crippen LogP contribution >= 0.6 is 0 Å². The molecule has 2 atom stereocenters. The Labute approximate surface area is 361 Å². The number of carbonyl (C=O) groups is 2. The molecule has 3 N–H and O–H groups in total. The van der Waals surface area contributed by atoms with E-state index in [2.05, 4.69) is 31.3 Å². The Kier molecular flexibility index (Phi) is 47.1. The van der Waals surface area contributed by atoms with Gasteiger partial charge < -0.3 is 20.3 Å². The molecule has 0 aliphatic heterocycles. The van der Waals surface area contributed by atoms with Crippen molar-refractivity contribution < 1.29 is 24.5 Å². The molecule has 1 amide bonds. The molecular weight excluding hydrogens is 719 g/mol. The molecule has 0 spiro atoms. The van der Waals surface area contributed by atoms with Crippen LogP contribution < -0.4 is 5.32 Å². The van der Waals surface area contributed by atoms with E-state index in [1.807, 2.05) is 0 Å². The standard InChI is InChI=1S/C52H101NO5/c1-3-5-7-9-11-13-15-17-19-21-24-28-32-36-40-44-50(55)49(48-54)53-51(56)45-41-37-33-29-25-23-27-31-35-39-43-47-58-52(57)46-42-38-34-30-26-22-20-18-16-14-12-10-8-6-4-2/h18,20,49-50,54-55H,3-17,19,21-48H2,1-2H3,(H,53,56)/b20-18-. The van der Waals surface area contributed by atoms with Crippen molar-refractivity contribution in [3.05, 3.63) is 12.2 Å². The summed E-state index contributed by atoms with van der Waals surface area (Å²) >= 11 is 0. The molecule has 2 unspecified atom stereocenters. The van der Waals surface area contributed by atoms with Gasteiger partial charge in [0, 0.05) is 12.8 Å². The molecule has 0 saturated carbocycles.